The quantitative estimate of drug-likeness (QED) is 0.400. The SMILES string of the molecule is C=C[C@@H](O)C#CC#C/C=C/[C@@H](O)CCCCCCC. The molecule has 19 heavy (non-hydrogen) atoms. The van der Waals surface area contributed by atoms with E-state index < -0.39 is 12.2 Å². The van der Waals surface area contributed by atoms with E-state index in [1.165, 1.54) is 31.8 Å². The van der Waals surface area contributed by atoms with E-state index in [1.807, 2.05) is 0 Å². The van der Waals surface area contributed by atoms with Crippen molar-refractivity contribution in [1.82, 2.24) is 0 Å². The van der Waals surface area contributed by atoms with E-state index in [9.17, 15) is 5.11 Å². The molecule has 0 bridgehead atoms. The Morgan fingerprint density at radius 2 is 1.84 bits per heavy atom. The minimum absolute atomic E-state index is 0.428. The molecule has 0 saturated carbocycles. The van der Waals surface area contributed by atoms with Gasteiger partial charge in [0.05, 0.1) is 6.10 Å². The van der Waals surface area contributed by atoms with Gasteiger partial charge < -0.3 is 10.2 Å². The minimum Gasteiger partial charge on any atom is -0.389 e. The van der Waals surface area contributed by atoms with E-state index in [0.717, 1.165) is 12.8 Å². The van der Waals surface area contributed by atoms with Gasteiger partial charge in [0.15, 0.2) is 0 Å². The maximum absolute atomic E-state index is 9.64. The second-order valence-electron chi connectivity index (χ2n) is 4.35. The molecule has 0 aromatic heterocycles. The zero-order valence-corrected chi connectivity index (χ0v) is 11.7. The summed E-state index contributed by atoms with van der Waals surface area (Å²) in [5.74, 6) is 10.3. The van der Waals surface area contributed by atoms with Gasteiger partial charge in [-0.2, -0.15) is 0 Å². The predicted molar refractivity (Wildman–Crippen MR) is 80.3 cm³/mol. The lowest BCUT2D eigenvalue weighted by molar-refractivity contribution is 0.208. The Kier molecular flexibility index (Phi) is 12.0. The van der Waals surface area contributed by atoms with Crippen LogP contribution in [0.3, 0.4) is 0 Å². The van der Waals surface area contributed by atoms with Crippen molar-refractivity contribution in [3.8, 4) is 23.7 Å². The number of aliphatic hydroxyl groups excluding tert-OH is 2. The van der Waals surface area contributed by atoms with Crippen molar-refractivity contribution >= 4 is 0 Å². The summed E-state index contributed by atoms with van der Waals surface area (Å²) >= 11 is 0. The smallest absolute Gasteiger partial charge is 0.134 e. The van der Waals surface area contributed by atoms with Gasteiger partial charge in [0.2, 0.25) is 0 Å². The molecular formula is C17H24O2. The maximum atomic E-state index is 9.64. The van der Waals surface area contributed by atoms with E-state index in [0.29, 0.717) is 0 Å². The van der Waals surface area contributed by atoms with Crippen molar-refractivity contribution in [3.05, 3.63) is 24.8 Å². The number of hydrogen-bond donors (Lipinski definition) is 2. The molecular weight excluding hydrogens is 236 g/mol. The lowest BCUT2D eigenvalue weighted by Crippen LogP contribution is -2.01. The normalized spacial score (nSPS) is 13.0. The van der Waals surface area contributed by atoms with E-state index >= 15 is 0 Å². The van der Waals surface area contributed by atoms with Crippen molar-refractivity contribution in [2.45, 2.75) is 57.7 Å². The second-order valence-corrected chi connectivity index (χ2v) is 4.35. The molecule has 0 aromatic carbocycles. The largest absolute Gasteiger partial charge is 0.389 e. The summed E-state index contributed by atoms with van der Waals surface area (Å²) in [7, 11) is 0. The molecule has 0 aliphatic rings. The molecule has 2 nitrogen and oxygen atoms in total. The van der Waals surface area contributed by atoms with Gasteiger partial charge in [-0.3, -0.25) is 0 Å². The Balaban J connectivity index is 3.77. The van der Waals surface area contributed by atoms with Crippen molar-refractivity contribution in [3.63, 3.8) is 0 Å². The van der Waals surface area contributed by atoms with E-state index in [2.05, 4.69) is 37.2 Å². The van der Waals surface area contributed by atoms with E-state index in [-0.39, 0.29) is 0 Å². The van der Waals surface area contributed by atoms with Crippen molar-refractivity contribution in [2.75, 3.05) is 0 Å². The molecule has 0 radical (unpaired) electrons. The van der Waals surface area contributed by atoms with Crippen LogP contribution in [-0.2, 0) is 0 Å². The molecule has 0 saturated heterocycles. The highest BCUT2D eigenvalue weighted by atomic mass is 16.3. The Hall–Kier alpha value is -1.48. The van der Waals surface area contributed by atoms with Gasteiger partial charge in [-0.25, -0.2) is 0 Å². The third-order valence-electron chi connectivity index (χ3n) is 2.58. The lowest BCUT2D eigenvalue weighted by Gasteiger charge is -2.03. The summed E-state index contributed by atoms with van der Waals surface area (Å²) in [6.45, 7) is 5.59. The fourth-order valence-electron chi connectivity index (χ4n) is 1.46. The number of rotatable bonds is 8. The minimum atomic E-state index is -0.827. The topological polar surface area (TPSA) is 40.5 Å². The first-order valence-corrected chi connectivity index (χ1v) is 6.87. The summed E-state index contributed by atoms with van der Waals surface area (Å²) in [6.07, 6.45) is 10.1. The van der Waals surface area contributed by atoms with Crippen molar-refractivity contribution in [2.24, 2.45) is 0 Å². The molecule has 0 aliphatic heterocycles. The first-order valence-electron chi connectivity index (χ1n) is 6.87. The fourth-order valence-corrected chi connectivity index (χ4v) is 1.46. The molecule has 0 spiro atoms. The summed E-state index contributed by atoms with van der Waals surface area (Å²) < 4.78 is 0. The highest BCUT2D eigenvalue weighted by molar-refractivity contribution is 5.32. The summed E-state index contributed by atoms with van der Waals surface area (Å²) in [4.78, 5) is 0. The van der Waals surface area contributed by atoms with Crippen LogP contribution in [0.5, 0.6) is 0 Å². The van der Waals surface area contributed by atoms with Crippen LogP contribution in [0.2, 0.25) is 0 Å². The first kappa shape index (κ1) is 17.5. The highest BCUT2D eigenvalue weighted by Crippen LogP contribution is 2.07. The predicted octanol–water partition coefficient (Wildman–Crippen LogP) is 2.82. The molecule has 2 atom stereocenters. The molecule has 0 aromatic rings. The van der Waals surface area contributed by atoms with Gasteiger partial charge >= 0.3 is 0 Å². The average molecular weight is 260 g/mol. The van der Waals surface area contributed by atoms with Crippen LogP contribution >= 0.6 is 0 Å². The van der Waals surface area contributed by atoms with Crippen LogP contribution in [0.15, 0.2) is 24.8 Å². The van der Waals surface area contributed by atoms with Gasteiger partial charge in [0.25, 0.3) is 0 Å². The Bertz CT molecular complexity index is 374. The van der Waals surface area contributed by atoms with Gasteiger partial charge in [0.1, 0.15) is 6.10 Å². The third-order valence-corrected chi connectivity index (χ3v) is 2.58. The molecule has 2 heteroatoms. The van der Waals surface area contributed by atoms with Crippen molar-refractivity contribution in [1.29, 1.82) is 0 Å². The molecule has 0 amide bonds. The lowest BCUT2D eigenvalue weighted by atomic mass is 10.1. The van der Waals surface area contributed by atoms with Gasteiger partial charge in [-0.05, 0) is 30.4 Å². The molecule has 0 heterocycles. The van der Waals surface area contributed by atoms with Crippen LogP contribution in [0.1, 0.15) is 45.4 Å². The average Bonchev–Trinajstić information content (AvgIpc) is 2.42. The molecule has 0 rings (SSSR count). The van der Waals surface area contributed by atoms with E-state index in [4.69, 9.17) is 5.11 Å². The number of hydrogen-bond acceptors (Lipinski definition) is 2. The second kappa shape index (κ2) is 13.0. The monoisotopic (exact) mass is 260 g/mol. The van der Waals surface area contributed by atoms with Gasteiger partial charge in [-0.1, -0.05) is 63.5 Å². The summed E-state index contributed by atoms with van der Waals surface area (Å²) in [5, 5.41) is 18.7. The third kappa shape index (κ3) is 12.8. The summed E-state index contributed by atoms with van der Waals surface area (Å²) in [6, 6.07) is 0. The van der Waals surface area contributed by atoms with Crippen LogP contribution in [0.25, 0.3) is 0 Å². The zero-order valence-electron chi connectivity index (χ0n) is 11.7. The number of allylic oxidation sites excluding steroid dienone is 1. The van der Waals surface area contributed by atoms with Gasteiger partial charge in [0, 0.05) is 0 Å². The Morgan fingerprint density at radius 3 is 2.53 bits per heavy atom. The first-order chi connectivity index (χ1) is 9.20. The summed E-state index contributed by atoms with van der Waals surface area (Å²) in [5.41, 5.74) is 0. The number of unbranched alkanes of at least 4 members (excludes halogenated alkanes) is 4. The molecule has 2 N–H and O–H groups in total. The van der Waals surface area contributed by atoms with Gasteiger partial charge in [-0.15, -0.1) is 0 Å². The number of aliphatic hydroxyl groups is 2. The van der Waals surface area contributed by atoms with Crippen LogP contribution in [0, 0.1) is 23.7 Å². The molecule has 0 fully saturated rings. The van der Waals surface area contributed by atoms with E-state index in [1.54, 1.807) is 12.2 Å². The van der Waals surface area contributed by atoms with Crippen LogP contribution < -0.4 is 0 Å². The zero-order chi connectivity index (χ0) is 14.3. The molecule has 0 aliphatic carbocycles. The molecule has 0 unspecified atom stereocenters. The highest BCUT2D eigenvalue weighted by Gasteiger charge is 1.97. The van der Waals surface area contributed by atoms with Crippen LogP contribution in [-0.4, -0.2) is 22.4 Å². The Morgan fingerprint density at radius 1 is 1.11 bits per heavy atom. The Labute approximate surface area is 117 Å². The fraction of sp³-hybridized carbons (Fsp3) is 0.529. The van der Waals surface area contributed by atoms with Crippen LogP contribution in [0.4, 0.5) is 0 Å². The maximum Gasteiger partial charge on any atom is 0.134 e. The standard InChI is InChI=1S/C17H24O2/c1-3-5-6-7-11-14-17(19)15-12-9-8-10-13-16(18)4-2/h4,12,15-19H,2-3,5-7,11,14H2,1H3/b15-12+/t16-,17+/m1/s1. The molecule has 104 valence electrons. The van der Waals surface area contributed by atoms with Crippen molar-refractivity contribution < 1.29 is 10.2 Å².